The number of ether oxygens (including phenoxy) is 1. The maximum Gasteiger partial charge on any atom is 0.413 e. The maximum absolute atomic E-state index is 12.1. The minimum absolute atomic E-state index is 0.0886. The van der Waals surface area contributed by atoms with Gasteiger partial charge in [-0.1, -0.05) is 15.9 Å². The van der Waals surface area contributed by atoms with Gasteiger partial charge < -0.3 is 15.0 Å². The van der Waals surface area contributed by atoms with Crippen LogP contribution in [0.2, 0.25) is 0 Å². The molecule has 0 saturated carbocycles. The molecule has 0 saturated heterocycles. The number of carbonyl (C=O) groups is 3. The van der Waals surface area contributed by atoms with Gasteiger partial charge in [0, 0.05) is 10.2 Å². The highest BCUT2D eigenvalue weighted by Gasteiger charge is 2.25. The van der Waals surface area contributed by atoms with Crippen molar-refractivity contribution in [3.8, 4) is 0 Å². The number of nitrogens with one attached hydrogen (secondary N) is 3. The molecule has 1 aromatic rings. The number of benzene rings is 1. The van der Waals surface area contributed by atoms with Gasteiger partial charge >= 0.3 is 6.09 Å². The molecule has 1 aromatic carbocycles. The van der Waals surface area contributed by atoms with Gasteiger partial charge in [0.05, 0.1) is 14.2 Å². The molecule has 7 nitrogen and oxygen atoms in total. The van der Waals surface area contributed by atoms with Crippen LogP contribution in [0.15, 0.2) is 22.7 Å². The lowest BCUT2D eigenvalue weighted by molar-refractivity contribution is -0.885. The molecule has 0 bridgehead atoms. The third-order valence-corrected chi connectivity index (χ3v) is 3.94. The summed E-state index contributed by atoms with van der Waals surface area (Å²) in [6, 6.07) is 4.97. The summed E-state index contributed by atoms with van der Waals surface area (Å²) in [4.78, 5) is 35.6. The van der Waals surface area contributed by atoms with E-state index in [0.717, 1.165) is 15.7 Å². The number of quaternary nitrogens is 1. The lowest BCUT2D eigenvalue weighted by Crippen LogP contribution is -3.15. The smallest absolute Gasteiger partial charge is 0.413 e. The first-order valence-corrected chi connectivity index (χ1v) is 7.81. The quantitative estimate of drug-likeness (QED) is 0.686. The van der Waals surface area contributed by atoms with Gasteiger partial charge in [-0.05, 0) is 37.6 Å². The largest absolute Gasteiger partial charge is 0.453 e. The summed E-state index contributed by atoms with van der Waals surface area (Å²) < 4.78 is 5.30. The van der Waals surface area contributed by atoms with Gasteiger partial charge in [-0.3, -0.25) is 14.9 Å². The van der Waals surface area contributed by atoms with E-state index in [9.17, 15) is 14.4 Å². The summed E-state index contributed by atoms with van der Waals surface area (Å²) >= 11 is 3.36. The molecule has 0 fully saturated rings. The Morgan fingerprint density at radius 1 is 1.35 bits per heavy atom. The first-order valence-electron chi connectivity index (χ1n) is 7.01. The second kappa shape index (κ2) is 8.64. The zero-order chi connectivity index (χ0) is 17.6. The van der Waals surface area contributed by atoms with E-state index < -0.39 is 18.0 Å². The van der Waals surface area contributed by atoms with Crippen molar-refractivity contribution < 1.29 is 24.0 Å². The predicted molar refractivity (Wildman–Crippen MR) is 89.3 cm³/mol. The van der Waals surface area contributed by atoms with Crippen LogP contribution in [0.3, 0.4) is 0 Å². The van der Waals surface area contributed by atoms with E-state index in [1.54, 1.807) is 20.0 Å². The minimum Gasteiger partial charge on any atom is -0.453 e. The van der Waals surface area contributed by atoms with Crippen molar-refractivity contribution in [2.24, 2.45) is 0 Å². The van der Waals surface area contributed by atoms with Crippen molar-refractivity contribution in [3.05, 3.63) is 28.2 Å². The van der Waals surface area contributed by atoms with Crippen LogP contribution in [0.5, 0.6) is 0 Å². The minimum atomic E-state index is -0.815. The number of carbonyl (C=O) groups excluding carboxylic acids is 3. The van der Waals surface area contributed by atoms with Gasteiger partial charge in [0.25, 0.3) is 11.8 Å². The standard InChI is InChI=1S/C15H20BrN3O4/c1-9-7-11(16)5-6-12(9)17-13(20)8-19(3)10(2)14(21)18-15(22)23-4/h5-7,10H,8H2,1-4H3,(H,17,20)(H,18,21,22)/p+1/t10-/m1/s1. The van der Waals surface area contributed by atoms with E-state index in [1.165, 1.54) is 7.11 Å². The number of methoxy groups -OCH3 is 1. The molecule has 0 radical (unpaired) electrons. The highest BCUT2D eigenvalue weighted by atomic mass is 79.9. The van der Waals surface area contributed by atoms with E-state index in [4.69, 9.17) is 0 Å². The maximum atomic E-state index is 12.1. The van der Waals surface area contributed by atoms with E-state index in [2.05, 4.69) is 31.3 Å². The first-order chi connectivity index (χ1) is 10.7. The highest BCUT2D eigenvalue weighted by molar-refractivity contribution is 9.10. The number of halogens is 1. The van der Waals surface area contributed by atoms with Crippen molar-refractivity contribution in [2.45, 2.75) is 19.9 Å². The van der Waals surface area contributed by atoms with Crippen LogP contribution in [0.25, 0.3) is 0 Å². The summed E-state index contributed by atoms with van der Waals surface area (Å²) in [5, 5.41) is 4.90. The van der Waals surface area contributed by atoms with Crippen LogP contribution in [-0.2, 0) is 14.3 Å². The Labute approximate surface area is 143 Å². The Kier molecular flexibility index (Phi) is 7.18. The SMILES string of the molecule is COC(=O)NC(=O)[C@@H](C)[NH+](C)CC(=O)Nc1ccc(Br)cc1C. The van der Waals surface area contributed by atoms with Crippen molar-refractivity contribution >= 4 is 39.5 Å². The second-order valence-electron chi connectivity index (χ2n) is 5.23. The normalized spacial score (nSPS) is 12.9. The lowest BCUT2D eigenvalue weighted by atomic mass is 10.2. The van der Waals surface area contributed by atoms with Crippen molar-refractivity contribution in [3.63, 3.8) is 0 Å². The number of hydrogen-bond donors (Lipinski definition) is 3. The summed E-state index contributed by atoms with van der Waals surface area (Å²) in [5.41, 5.74) is 1.65. The number of likely N-dealkylation sites (N-methyl/N-ethyl adjacent to an activating group) is 1. The number of hydrogen-bond acceptors (Lipinski definition) is 4. The number of alkyl carbamates (subject to hydrolysis) is 1. The fraction of sp³-hybridized carbons (Fsp3) is 0.400. The molecule has 1 unspecified atom stereocenters. The Balaban J connectivity index is 2.58. The number of amides is 3. The molecule has 3 N–H and O–H groups in total. The predicted octanol–water partition coefficient (Wildman–Crippen LogP) is 0.482. The molecular formula is C15H21BrN3O4+. The van der Waals surface area contributed by atoms with Gasteiger partial charge in [-0.25, -0.2) is 4.79 Å². The van der Waals surface area contributed by atoms with Crippen LogP contribution in [0, 0.1) is 6.92 Å². The molecule has 0 aromatic heterocycles. The fourth-order valence-corrected chi connectivity index (χ4v) is 2.33. The Hall–Kier alpha value is -1.93. The van der Waals surface area contributed by atoms with E-state index in [1.807, 2.05) is 19.1 Å². The van der Waals surface area contributed by atoms with Crippen molar-refractivity contribution in [2.75, 3.05) is 26.0 Å². The number of aryl methyl sites for hydroxylation is 1. The van der Waals surface area contributed by atoms with Gasteiger partial charge in [0.2, 0.25) is 0 Å². The van der Waals surface area contributed by atoms with Crippen LogP contribution >= 0.6 is 15.9 Å². The van der Waals surface area contributed by atoms with Crippen LogP contribution in [-0.4, -0.2) is 44.7 Å². The Bertz CT molecular complexity index is 606. The summed E-state index contributed by atoms with van der Waals surface area (Å²) in [7, 11) is 2.88. The second-order valence-corrected chi connectivity index (χ2v) is 6.15. The number of anilines is 1. The molecule has 0 aliphatic carbocycles. The summed E-state index contributed by atoms with van der Waals surface area (Å²) in [6.07, 6.45) is -0.815. The molecule has 23 heavy (non-hydrogen) atoms. The third-order valence-electron chi connectivity index (χ3n) is 3.45. The van der Waals surface area contributed by atoms with E-state index in [0.29, 0.717) is 4.90 Å². The zero-order valence-electron chi connectivity index (χ0n) is 13.5. The summed E-state index contributed by atoms with van der Waals surface area (Å²) in [6.45, 7) is 3.61. The summed E-state index contributed by atoms with van der Waals surface area (Å²) in [5.74, 6) is -0.715. The molecule has 0 spiro atoms. The molecule has 0 aliphatic rings. The van der Waals surface area contributed by atoms with Crippen LogP contribution in [0.1, 0.15) is 12.5 Å². The average Bonchev–Trinajstić information content (AvgIpc) is 2.48. The number of rotatable bonds is 5. The molecular weight excluding hydrogens is 366 g/mol. The molecule has 3 amide bonds. The molecule has 8 heteroatoms. The molecule has 1 rings (SSSR count). The average molecular weight is 387 g/mol. The molecule has 2 atom stereocenters. The van der Waals surface area contributed by atoms with Gasteiger partial charge in [-0.2, -0.15) is 0 Å². The van der Waals surface area contributed by atoms with Gasteiger partial charge in [0.1, 0.15) is 0 Å². The van der Waals surface area contributed by atoms with E-state index >= 15 is 0 Å². The lowest BCUT2D eigenvalue weighted by Gasteiger charge is -2.20. The molecule has 0 heterocycles. The first kappa shape index (κ1) is 19.1. The van der Waals surface area contributed by atoms with Gasteiger partial charge in [0.15, 0.2) is 12.6 Å². The Morgan fingerprint density at radius 2 is 2.00 bits per heavy atom. The third kappa shape index (κ3) is 5.99. The van der Waals surface area contributed by atoms with E-state index in [-0.39, 0.29) is 12.5 Å². The monoisotopic (exact) mass is 386 g/mol. The fourth-order valence-electron chi connectivity index (χ4n) is 1.85. The van der Waals surface area contributed by atoms with Crippen LogP contribution in [0.4, 0.5) is 10.5 Å². The zero-order valence-corrected chi connectivity index (χ0v) is 15.1. The molecule has 126 valence electrons. The van der Waals surface area contributed by atoms with Crippen LogP contribution < -0.4 is 15.5 Å². The van der Waals surface area contributed by atoms with Gasteiger partial charge in [-0.15, -0.1) is 0 Å². The molecule has 0 aliphatic heterocycles. The number of imide groups is 1. The highest BCUT2D eigenvalue weighted by Crippen LogP contribution is 2.19. The topological polar surface area (TPSA) is 88.9 Å². The Morgan fingerprint density at radius 3 is 2.57 bits per heavy atom. The van der Waals surface area contributed by atoms with Crippen molar-refractivity contribution in [1.29, 1.82) is 0 Å². The van der Waals surface area contributed by atoms with Crippen molar-refractivity contribution in [1.82, 2.24) is 5.32 Å².